The third kappa shape index (κ3) is 3.51. The normalized spacial score (nSPS) is 20.0. The molecule has 110 valence electrons. The number of piperidine rings is 1. The SMILES string of the molecule is CCC1(C)CCN(Cc2cccc(C(N)=NO)c2)CC1. The van der Waals surface area contributed by atoms with E-state index in [2.05, 4.69) is 30.0 Å². The average Bonchev–Trinajstić information content (AvgIpc) is 2.49. The van der Waals surface area contributed by atoms with Crippen LogP contribution in [-0.2, 0) is 6.54 Å². The summed E-state index contributed by atoms with van der Waals surface area (Å²) in [5, 5.41) is 11.8. The molecular formula is C16H25N3O. The third-order valence-corrected chi connectivity index (χ3v) is 4.65. The molecule has 0 atom stereocenters. The number of rotatable bonds is 4. The zero-order valence-electron chi connectivity index (χ0n) is 12.5. The minimum Gasteiger partial charge on any atom is -0.409 e. The van der Waals surface area contributed by atoms with Crippen molar-refractivity contribution < 1.29 is 5.21 Å². The number of hydrogen-bond acceptors (Lipinski definition) is 3. The van der Waals surface area contributed by atoms with Crippen LogP contribution < -0.4 is 5.73 Å². The molecule has 1 saturated heterocycles. The van der Waals surface area contributed by atoms with Gasteiger partial charge in [0, 0.05) is 12.1 Å². The summed E-state index contributed by atoms with van der Waals surface area (Å²) < 4.78 is 0. The summed E-state index contributed by atoms with van der Waals surface area (Å²) in [6.45, 7) is 7.92. The molecule has 1 heterocycles. The van der Waals surface area contributed by atoms with Crippen molar-refractivity contribution in [2.24, 2.45) is 16.3 Å². The molecule has 1 aromatic rings. The van der Waals surface area contributed by atoms with E-state index in [-0.39, 0.29) is 5.84 Å². The molecule has 0 unspecified atom stereocenters. The van der Waals surface area contributed by atoms with Crippen LogP contribution in [0.4, 0.5) is 0 Å². The number of hydrogen-bond donors (Lipinski definition) is 2. The maximum atomic E-state index is 8.74. The van der Waals surface area contributed by atoms with Crippen LogP contribution in [0.25, 0.3) is 0 Å². The Morgan fingerprint density at radius 2 is 2.10 bits per heavy atom. The second-order valence-corrected chi connectivity index (χ2v) is 6.13. The van der Waals surface area contributed by atoms with Crippen LogP contribution in [0.5, 0.6) is 0 Å². The smallest absolute Gasteiger partial charge is 0.170 e. The fourth-order valence-corrected chi connectivity index (χ4v) is 2.75. The first-order chi connectivity index (χ1) is 9.56. The first-order valence-electron chi connectivity index (χ1n) is 7.35. The molecular weight excluding hydrogens is 250 g/mol. The predicted molar refractivity (Wildman–Crippen MR) is 81.9 cm³/mol. The van der Waals surface area contributed by atoms with Gasteiger partial charge in [-0.2, -0.15) is 0 Å². The fraction of sp³-hybridized carbons (Fsp3) is 0.562. The van der Waals surface area contributed by atoms with E-state index in [0.29, 0.717) is 5.41 Å². The largest absolute Gasteiger partial charge is 0.409 e. The highest BCUT2D eigenvalue weighted by atomic mass is 16.4. The highest BCUT2D eigenvalue weighted by Gasteiger charge is 2.27. The Kier molecular flexibility index (Phi) is 4.65. The molecule has 4 nitrogen and oxygen atoms in total. The molecule has 2 rings (SSSR count). The van der Waals surface area contributed by atoms with Crippen molar-refractivity contribution in [2.45, 2.75) is 39.7 Å². The van der Waals surface area contributed by atoms with E-state index in [0.717, 1.165) is 25.2 Å². The van der Waals surface area contributed by atoms with E-state index in [9.17, 15) is 0 Å². The number of nitrogens with two attached hydrogens (primary N) is 1. The Hall–Kier alpha value is -1.55. The molecule has 20 heavy (non-hydrogen) atoms. The van der Waals surface area contributed by atoms with Crippen LogP contribution in [0.3, 0.4) is 0 Å². The second-order valence-electron chi connectivity index (χ2n) is 6.13. The van der Waals surface area contributed by atoms with Crippen LogP contribution in [0.2, 0.25) is 0 Å². The van der Waals surface area contributed by atoms with Gasteiger partial charge in [-0.25, -0.2) is 0 Å². The summed E-state index contributed by atoms with van der Waals surface area (Å²) in [6, 6.07) is 7.93. The highest BCUT2D eigenvalue weighted by Crippen LogP contribution is 2.34. The predicted octanol–water partition coefficient (Wildman–Crippen LogP) is 2.79. The lowest BCUT2D eigenvalue weighted by Crippen LogP contribution is -2.37. The molecule has 3 N–H and O–H groups in total. The Bertz CT molecular complexity index is 476. The molecule has 1 aliphatic rings. The molecule has 0 saturated carbocycles. The molecule has 0 aromatic heterocycles. The van der Waals surface area contributed by atoms with Gasteiger partial charge in [-0.3, -0.25) is 4.90 Å². The van der Waals surface area contributed by atoms with Gasteiger partial charge in [-0.05, 0) is 43.0 Å². The fourth-order valence-electron chi connectivity index (χ4n) is 2.75. The van der Waals surface area contributed by atoms with Gasteiger partial charge in [0.05, 0.1) is 0 Å². The molecule has 1 aliphatic heterocycles. The standard InChI is InChI=1S/C16H25N3O/c1-3-16(2)7-9-19(10-8-16)12-13-5-4-6-14(11-13)15(17)18-20/h4-6,11,20H,3,7-10,12H2,1-2H3,(H2,17,18). The van der Waals surface area contributed by atoms with Gasteiger partial charge in [0.1, 0.15) is 0 Å². The average molecular weight is 275 g/mol. The Labute approximate surface area is 121 Å². The van der Waals surface area contributed by atoms with Gasteiger partial charge in [-0.15, -0.1) is 0 Å². The lowest BCUT2D eigenvalue weighted by atomic mass is 9.78. The van der Waals surface area contributed by atoms with Crippen molar-refractivity contribution in [3.05, 3.63) is 35.4 Å². The van der Waals surface area contributed by atoms with E-state index in [1.807, 2.05) is 18.2 Å². The van der Waals surface area contributed by atoms with Crippen LogP contribution >= 0.6 is 0 Å². The van der Waals surface area contributed by atoms with Crippen molar-refractivity contribution in [2.75, 3.05) is 13.1 Å². The van der Waals surface area contributed by atoms with E-state index in [1.165, 1.54) is 24.8 Å². The zero-order valence-corrected chi connectivity index (χ0v) is 12.5. The zero-order chi connectivity index (χ0) is 14.6. The van der Waals surface area contributed by atoms with Crippen LogP contribution in [-0.4, -0.2) is 29.0 Å². The summed E-state index contributed by atoms with van der Waals surface area (Å²) >= 11 is 0. The van der Waals surface area contributed by atoms with E-state index in [1.54, 1.807) is 0 Å². The number of likely N-dealkylation sites (tertiary alicyclic amines) is 1. The maximum absolute atomic E-state index is 8.74. The number of nitrogens with zero attached hydrogens (tertiary/aromatic N) is 2. The molecule has 0 bridgehead atoms. The Morgan fingerprint density at radius 1 is 1.40 bits per heavy atom. The molecule has 0 radical (unpaired) electrons. The molecule has 0 spiro atoms. The molecule has 0 amide bonds. The van der Waals surface area contributed by atoms with Crippen LogP contribution in [0.15, 0.2) is 29.4 Å². The van der Waals surface area contributed by atoms with E-state index < -0.39 is 0 Å². The first-order valence-corrected chi connectivity index (χ1v) is 7.35. The lowest BCUT2D eigenvalue weighted by molar-refractivity contribution is 0.109. The lowest BCUT2D eigenvalue weighted by Gasteiger charge is -2.39. The first kappa shape index (κ1) is 14.9. The Morgan fingerprint density at radius 3 is 2.70 bits per heavy atom. The monoisotopic (exact) mass is 275 g/mol. The maximum Gasteiger partial charge on any atom is 0.170 e. The summed E-state index contributed by atoms with van der Waals surface area (Å²) in [5.41, 5.74) is 8.15. The number of benzene rings is 1. The molecule has 4 heteroatoms. The van der Waals surface area contributed by atoms with Crippen molar-refractivity contribution in [1.82, 2.24) is 4.90 Å². The molecule has 1 aromatic carbocycles. The minimum atomic E-state index is 0.170. The van der Waals surface area contributed by atoms with Crippen molar-refractivity contribution in [1.29, 1.82) is 0 Å². The van der Waals surface area contributed by atoms with Crippen molar-refractivity contribution in [3.8, 4) is 0 Å². The third-order valence-electron chi connectivity index (χ3n) is 4.65. The summed E-state index contributed by atoms with van der Waals surface area (Å²) in [5.74, 6) is 0.170. The summed E-state index contributed by atoms with van der Waals surface area (Å²) in [7, 11) is 0. The van der Waals surface area contributed by atoms with Crippen molar-refractivity contribution in [3.63, 3.8) is 0 Å². The summed E-state index contributed by atoms with van der Waals surface area (Å²) in [4.78, 5) is 2.49. The quantitative estimate of drug-likeness (QED) is 0.384. The van der Waals surface area contributed by atoms with Crippen LogP contribution in [0.1, 0.15) is 44.2 Å². The highest BCUT2D eigenvalue weighted by molar-refractivity contribution is 5.97. The number of amidine groups is 1. The molecule has 1 fully saturated rings. The van der Waals surface area contributed by atoms with Crippen molar-refractivity contribution >= 4 is 5.84 Å². The molecule has 0 aliphatic carbocycles. The minimum absolute atomic E-state index is 0.170. The van der Waals surface area contributed by atoms with E-state index in [4.69, 9.17) is 10.9 Å². The van der Waals surface area contributed by atoms with Crippen LogP contribution in [0, 0.1) is 5.41 Å². The second kappa shape index (κ2) is 6.27. The van der Waals surface area contributed by atoms with Gasteiger partial charge in [0.25, 0.3) is 0 Å². The van der Waals surface area contributed by atoms with Gasteiger partial charge < -0.3 is 10.9 Å². The number of oxime groups is 1. The van der Waals surface area contributed by atoms with Gasteiger partial charge in [0.15, 0.2) is 5.84 Å². The Balaban J connectivity index is 1.98. The topological polar surface area (TPSA) is 61.8 Å². The van der Waals surface area contributed by atoms with Gasteiger partial charge in [0.2, 0.25) is 0 Å². The van der Waals surface area contributed by atoms with E-state index >= 15 is 0 Å². The van der Waals surface area contributed by atoms with Gasteiger partial charge >= 0.3 is 0 Å². The van der Waals surface area contributed by atoms with Gasteiger partial charge in [-0.1, -0.05) is 43.6 Å². The summed E-state index contributed by atoms with van der Waals surface area (Å²) in [6.07, 6.45) is 3.80.